The molecule has 0 spiro atoms. The third-order valence-corrected chi connectivity index (χ3v) is 3.56. The Labute approximate surface area is 123 Å². The fourth-order valence-corrected chi connectivity index (χ4v) is 2.32. The van der Waals surface area contributed by atoms with Crippen molar-refractivity contribution in [2.24, 2.45) is 0 Å². The highest BCUT2D eigenvalue weighted by Crippen LogP contribution is 2.29. The van der Waals surface area contributed by atoms with Crippen molar-refractivity contribution in [3.8, 4) is 0 Å². The first-order chi connectivity index (χ1) is 9.90. The Morgan fingerprint density at radius 2 is 2.19 bits per heavy atom. The molecule has 1 amide bonds. The summed E-state index contributed by atoms with van der Waals surface area (Å²) in [7, 11) is 3.22. The number of hydrogen-bond donors (Lipinski definition) is 1. The van der Waals surface area contributed by atoms with Gasteiger partial charge in [0.15, 0.2) is 0 Å². The monoisotopic (exact) mass is 293 g/mol. The minimum absolute atomic E-state index is 0.00712. The summed E-state index contributed by atoms with van der Waals surface area (Å²) in [5.74, 6) is -0.262. The summed E-state index contributed by atoms with van der Waals surface area (Å²) in [6, 6.07) is 4.53. The van der Waals surface area contributed by atoms with Crippen LogP contribution in [0.25, 0.3) is 0 Å². The first kappa shape index (κ1) is 15.2. The number of carbonyl (C=O) groups is 1. The molecule has 1 saturated heterocycles. The molecule has 21 heavy (non-hydrogen) atoms. The third kappa shape index (κ3) is 3.30. The van der Waals surface area contributed by atoms with Crippen molar-refractivity contribution < 1.29 is 14.5 Å². The number of ether oxygens (including phenoxy) is 1. The van der Waals surface area contributed by atoms with Crippen LogP contribution in [0.3, 0.4) is 0 Å². The largest absolute Gasteiger partial charge is 0.376 e. The van der Waals surface area contributed by atoms with Gasteiger partial charge in [-0.3, -0.25) is 14.9 Å². The van der Waals surface area contributed by atoms with Crippen LogP contribution in [0.15, 0.2) is 18.2 Å². The van der Waals surface area contributed by atoms with Crippen LogP contribution in [0.1, 0.15) is 23.7 Å². The molecule has 1 aliphatic rings. The molecule has 1 aromatic rings. The molecular formula is C14H19N3O4. The van der Waals surface area contributed by atoms with Gasteiger partial charge in [0.2, 0.25) is 0 Å². The molecule has 0 radical (unpaired) electrons. The van der Waals surface area contributed by atoms with Crippen molar-refractivity contribution in [1.29, 1.82) is 0 Å². The molecule has 1 aliphatic heterocycles. The van der Waals surface area contributed by atoms with E-state index in [0.717, 1.165) is 6.42 Å². The summed E-state index contributed by atoms with van der Waals surface area (Å²) in [6.07, 6.45) is 0.809. The van der Waals surface area contributed by atoms with Crippen LogP contribution in [0.5, 0.6) is 0 Å². The average Bonchev–Trinajstić information content (AvgIpc) is 2.83. The summed E-state index contributed by atoms with van der Waals surface area (Å²) < 4.78 is 5.44. The van der Waals surface area contributed by atoms with E-state index < -0.39 is 4.92 Å². The van der Waals surface area contributed by atoms with Crippen molar-refractivity contribution in [2.75, 3.05) is 26.0 Å². The molecule has 2 rings (SSSR count). The number of benzene rings is 1. The SMILES string of the molecule is CC1OCCC1Nc1ccc(C(=O)N(C)C)cc1[N+](=O)[O-]. The van der Waals surface area contributed by atoms with Gasteiger partial charge in [-0.25, -0.2) is 0 Å². The quantitative estimate of drug-likeness (QED) is 0.677. The smallest absolute Gasteiger partial charge is 0.293 e. The van der Waals surface area contributed by atoms with Crippen LogP contribution < -0.4 is 5.32 Å². The van der Waals surface area contributed by atoms with Crippen LogP contribution in [0, 0.1) is 10.1 Å². The van der Waals surface area contributed by atoms with Crippen LogP contribution in [0.4, 0.5) is 11.4 Å². The van der Waals surface area contributed by atoms with E-state index in [1.54, 1.807) is 26.2 Å². The Morgan fingerprint density at radius 1 is 1.48 bits per heavy atom. The maximum absolute atomic E-state index is 11.9. The van der Waals surface area contributed by atoms with Crippen molar-refractivity contribution >= 4 is 17.3 Å². The van der Waals surface area contributed by atoms with Crippen LogP contribution in [-0.2, 0) is 4.74 Å². The maximum Gasteiger partial charge on any atom is 0.293 e. The minimum atomic E-state index is -0.477. The fourth-order valence-electron chi connectivity index (χ4n) is 2.32. The van der Waals surface area contributed by atoms with E-state index in [1.165, 1.54) is 11.0 Å². The predicted octanol–water partition coefficient (Wildman–Crippen LogP) is 1.89. The molecule has 2 atom stereocenters. The molecule has 114 valence electrons. The molecule has 0 aromatic heterocycles. The first-order valence-corrected chi connectivity index (χ1v) is 6.78. The molecule has 1 fully saturated rings. The van der Waals surface area contributed by atoms with Gasteiger partial charge < -0.3 is 15.0 Å². The zero-order chi connectivity index (χ0) is 15.6. The van der Waals surface area contributed by atoms with Gasteiger partial charge in [-0.15, -0.1) is 0 Å². The lowest BCUT2D eigenvalue weighted by Crippen LogP contribution is -2.27. The standard InChI is InChI=1S/C14H19N3O4/c1-9-11(6-7-21-9)15-12-5-4-10(14(18)16(2)3)8-13(12)17(19)20/h4-5,8-9,11,15H,6-7H2,1-3H3. The molecule has 1 aromatic carbocycles. The molecule has 0 saturated carbocycles. The van der Waals surface area contributed by atoms with Crippen LogP contribution in [0.2, 0.25) is 0 Å². The van der Waals surface area contributed by atoms with Crippen LogP contribution in [-0.4, -0.2) is 48.6 Å². The molecule has 0 bridgehead atoms. The van der Waals surface area contributed by atoms with Gasteiger partial charge in [0, 0.05) is 32.3 Å². The van der Waals surface area contributed by atoms with E-state index in [-0.39, 0.29) is 23.7 Å². The molecule has 1 N–H and O–H groups in total. The highest BCUT2D eigenvalue weighted by molar-refractivity contribution is 5.95. The van der Waals surface area contributed by atoms with Crippen molar-refractivity contribution in [3.05, 3.63) is 33.9 Å². The van der Waals surface area contributed by atoms with E-state index in [4.69, 9.17) is 4.74 Å². The summed E-state index contributed by atoms with van der Waals surface area (Å²) in [5.41, 5.74) is 0.618. The summed E-state index contributed by atoms with van der Waals surface area (Å²) in [5, 5.41) is 14.4. The Kier molecular flexibility index (Phi) is 4.42. The Hall–Kier alpha value is -2.15. The summed E-state index contributed by atoms with van der Waals surface area (Å²) in [4.78, 5) is 24.0. The lowest BCUT2D eigenvalue weighted by molar-refractivity contribution is -0.384. The molecule has 0 aliphatic carbocycles. The topological polar surface area (TPSA) is 84.7 Å². The number of nitrogens with zero attached hydrogens (tertiary/aromatic N) is 2. The van der Waals surface area contributed by atoms with E-state index in [0.29, 0.717) is 17.9 Å². The lowest BCUT2D eigenvalue weighted by Gasteiger charge is -2.18. The van der Waals surface area contributed by atoms with Gasteiger partial charge in [0.25, 0.3) is 11.6 Å². The van der Waals surface area contributed by atoms with E-state index in [2.05, 4.69) is 5.32 Å². The second-order valence-corrected chi connectivity index (χ2v) is 5.30. The van der Waals surface area contributed by atoms with E-state index >= 15 is 0 Å². The van der Waals surface area contributed by atoms with Crippen molar-refractivity contribution in [2.45, 2.75) is 25.5 Å². The molecular weight excluding hydrogens is 274 g/mol. The van der Waals surface area contributed by atoms with Gasteiger partial charge in [0.05, 0.1) is 17.1 Å². The normalized spacial score (nSPS) is 21.1. The Morgan fingerprint density at radius 3 is 2.71 bits per heavy atom. The minimum Gasteiger partial charge on any atom is -0.376 e. The highest BCUT2D eigenvalue weighted by atomic mass is 16.6. The third-order valence-electron chi connectivity index (χ3n) is 3.56. The zero-order valence-corrected chi connectivity index (χ0v) is 12.3. The Bertz CT molecular complexity index is 559. The molecule has 1 heterocycles. The number of nitro groups is 1. The van der Waals surface area contributed by atoms with Gasteiger partial charge in [-0.2, -0.15) is 0 Å². The number of anilines is 1. The Balaban J connectivity index is 2.29. The number of nitro benzene ring substituents is 1. The number of rotatable bonds is 4. The second kappa shape index (κ2) is 6.09. The highest BCUT2D eigenvalue weighted by Gasteiger charge is 2.27. The number of carbonyl (C=O) groups excluding carboxylic acids is 1. The summed E-state index contributed by atoms with van der Waals surface area (Å²) >= 11 is 0. The zero-order valence-electron chi connectivity index (χ0n) is 12.3. The number of nitrogens with one attached hydrogen (secondary N) is 1. The molecule has 2 unspecified atom stereocenters. The van der Waals surface area contributed by atoms with E-state index in [1.807, 2.05) is 6.92 Å². The maximum atomic E-state index is 11.9. The number of hydrogen-bond acceptors (Lipinski definition) is 5. The summed E-state index contributed by atoms with van der Waals surface area (Å²) in [6.45, 7) is 2.57. The first-order valence-electron chi connectivity index (χ1n) is 6.78. The van der Waals surface area contributed by atoms with Gasteiger partial charge in [0.1, 0.15) is 5.69 Å². The average molecular weight is 293 g/mol. The number of amides is 1. The molecule has 7 nitrogen and oxygen atoms in total. The van der Waals surface area contributed by atoms with Gasteiger partial charge in [-0.1, -0.05) is 0 Å². The van der Waals surface area contributed by atoms with Gasteiger partial charge in [-0.05, 0) is 25.5 Å². The van der Waals surface area contributed by atoms with E-state index in [9.17, 15) is 14.9 Å². The fraction of sp³-hybridized carbons (Fsp3) is 0.500. The lowest BCUT2D eigenvalue weighted by atomic mass is 10.1. The predicted molar refractivity (Wildman–Crippen MR) is 78.6 cm³/mol. The van der Waals surface area contributed by atoms with Gasteiger partial charge >= 0.3 is 0 Å². The van der Waals surface area contributed by atoms with Crippen molar-refractivity contribution in [1.82, 2.24) is 4.90 Å². The van der Waals surface area contributed by atoms with Crippen LogP contribution >= 0.6 is 0 Å². The van der Waals surface area contributed by atoms with Crippen molar-refractivity contribution in [3.63, 3.8) is 0 Å². The second-order valence-electron chi connectivity index (χ2n) is 5.30. The molecule has 7 heteroatoms.